The Morgan fingerprint density at radius 3 is 2.48 bits per heavy atom. The molecule has 0 bridgehead atoms. The van der Waals surface area contributed by atoms with E-state index in [0.717, 1.165) is 37.0 Å². The summed E-state index contributed by atoms with van der Waals surface area (Å²) in [5.74, 6) is 0. The molecule has 3 rings (SSSR count). The lowest BCUT2D eigenvalue weighted by atomic mass is 10.2. The molecule has 0 saturated carbocycles. The van der Waals surface area contributed by atoms with Crippen LogP contribution in [0.15, 0.2) is 29.9 Å². The standard InChI is InChI=1S/C15H21N5S/c1-12(16-2)14-4-3-13(11-18-14)19-6-8-20(9-7-19)15-17-5-10-21-15/h3-5,10-12,16H,6-9H2,1-2H3. The Morgan fingerprint density at radius 2 is 1.90 bits per heavy atom. The molecule has 1 atom stereocenters. The van der Waals surface area contributed by atoms with E-state index in [1.807, 2.05) is 24.8 Å². The van der Waals surface area contributed by atoms with Gasteiger partial charge in [-0.3, -0.25) is 4.98 Å². The van der Waals surface area contributed by atoms with E-state index in [4.69, 9.17) is 0 Å². The van der Waals surface area contributed by atoms with Crippen LogP contribution in [0.3, 0.4) is 0 Å². The quantitative estimate of drug-likeness (QED) is 0.937. The fourth-order valence-electron chi connectivity index (χ4n) is 2.52. The molecule has 3 heterocycles. The summed E-state index contributed by atoms with van der Waals surface area (Å²) in [5.41, 5.74) is 2.29. The van der Waals surface area contributed by atoms with Crippen molar-refractivity contribution in [3.8, 4) is 0 Å². The van der Waals surface area contributed by atoms with Crippen molar-refractivity contribution in [3.05, 3.63) is 35.6 Å². The van der Waals surface area contributed by atoms with Gasteiger partial charge < -0.3 is 15.1 Å². The highest BCUT2D eigenvalue weighted by molar-refractivity contribution is 7.13. The molecule has 1 aliphatic heterocycles. The molecule has 112 valence electrons. The molecule has 0 radical (unpaired) electrons. The first-order valence-corrected chi connectivity index (χ1v) is 8.18. The van der Waals surface area contributed by atoms with Gasteiger partial charge in [0.25, 0.3) is 0 Å². The van der Waals surface area contributed by atoms with E-state index >= 15 is 0 Å². The van der Waals surface area contributed by atoms with Crippen LogP contribution in [-0.2, 0) is 0 Å². The summed E-state index contributed by atoms with van der Waals surface area (Å²) in [5, 5.41) is 6.38. The summed E-state index contributed by atoms with van der Waals surface area (Å²) >= 11 is 1.71. The summed E-state index contributed by atoms with van der Waals surface area (Å²) in [6.45, 7) is 6.18. The van der Waals surface area contributed by atoms with Crippen LogP contribution in [-0.4, -0.2) is 43.2 Å². The maximum absolute atomic E-state index is 4.57. The molecule has 6 heteroatoms. The van der Waals surface area contributed by atoms with Gasteiger partial charge in [-0.1, -0.05) is 0 Å². The highest BCUT2D eigenvalue weighted by Gasteiger charge is 2.19. The van der Waals surface area contributed by atoms with E-state index in [1.54, 1.807) is 11.3 Å². The topological polar surface area (TPSA) is 44.3 Å². The smallest absolute Gasteiger partial charge is 0.185 e. The van der Waals surface area contributed by atoms with Gasteiger partial charge in [0.1, 0.15) is 0 Å². The lowest BCUT2D eigenvalue weighted by Gasteiger charge is -2.35. The first-order valence-electron chi connectivity index (χ1n) is 7.30. The molecule has 1 fully saturated rings. The van der Waals surface area contributed by atoms with Gasteiger partial charge in [0.15, 0.2) is 5.13 Å². The van der Waals surface area contributed by atoms with Crippen molar-refractivity contribution in [1.29, 1.82) is 0 Å². The van der Waals surface area contributed by atoms with Gasteiger partial charge in [0.05, 0.1) is 17.6 Å². The molecule has 1 N–H and O–H groups in total. The maximum Gasteiger partial charge on any atom is 0.185 e. The maximum atomic E-state index is 4.57. The summed E-state index contributed by atoms with van der Waals surface area (Å²) < 4.78 is 0. The lowest BCUT2D eigenvalue weighted by Crippen LogP contribution is -2.46. The minimum Gasteiger partial charge on any atom is -0.367 e. The van der Waals surface area contributed by atoms with Gasteiger partial charge in [0, 0.05) is 43.8 Å². The van der Waals surface area contributed by atoms with Crippen LogP contribution >= 0.6 is 11.3 Å². The number of nitrogens with zero attached hydrogens (tertiary/aromatic N) is 4. The van der Waals surface area contributed by atoms with E-state index in [0.29, 0.717) is 6.04 Å². The minimum absolute atomic E-state index is 0.292. The van der Waals surface area contributed by atoms with Crippen LogP contribution in [0.4, 0.5) is 10.8 Å². The third kappa shape index (κ3) is 3.16. The van der Waals surface area contributed by atoms with Crippen molar-refractivity contribution in [2.24, 2.45) is 0 Å². The molecule has 1 saturated heterocycles. The largest absolute Gasteiger partial charge is 0.367 e. The van der Waals surface area contributed by atoms with Crippen LogP contribution in [0.1, 0.15) is 18.7 Å². The van der Waals surface area contributed by atoms with Crippen LogP contribution in [0, 0.1) is 0 Å². The van der Waals surface area contributed by atoms with Crippen LogP contribution in [0.5, 0.6) is 0 Å². The number of piperazine rings is 1. The summed E-state index contributed by atoms with van der Waals surface area (Å²) in [4.78, 5) is 13.7. The van der Waals surface area contributed by atoms with Crippen molar-refractivity contribution in [2.75, 3.05) is 43.0 Å². The number of hydrogen-bond acceptors (Lipinski definition) is 6. The number of aromatic nitrogens is 2. The van der Waals surface area contributed by atoms with Crippen LogP contribution < -0.4 is 15.1 Å². The first-order chi connectivity index (χ1) is 10.3. The minimum atomic E-state index is 0.292. The Morgan fingerprint density at radius 1 is 1.14 bits per heavy atom. The Balaban J connectivity index is 1.61. The van der Waals surface area contributed by atoms with E-state index < -0.39 is 0 Å². The van der Waals surface area contributed by atoms with E-state index in [9.17, 15) is 0 Å². The predicted molar refractivity (Wildman–Crippen MR) is 88.3 cm³/mol. The van der Waals surface area contributed by atoms with Crippen molar-refractivity contribution in [2.45, 2.75) is 13.0 Å². The van der Waals surface area contributed by atoms with E-state index in [1.165, 1.54) is 5.69 Å². The summed E-state index contributed by atoms with van der Waals surface area (Å²) in [7, 11) is 1.96. The monoisotopic (exact) mass is 303 g/mol. The van der Waals surface area contributed by atoms with Crippen molar-refractivity contribution in [1.82, 2.24) is 15.3 Å². The van der Waals surface area contributed by atoms with Gasteiger partial charge in [-0.2, -0.15) is 0 Å². The van der Waals surface area contributed by atoms with Crippen LogP contribution in [0.25, 0.3) is 0 Å². The Bertz CT molecular complexity index is 546. The molecule has 0 spiro atoms. The normalized spacial score (nSPS) is 17.0. The van der Waals surface area contributed by atoms with Gasteiger partial charge >= 0.3 is 0 Å². The fraction of sp³-hybridized carbons (Fsp3) is 0.467. The first kappa shape index (κ1) is 14.3. The second-order valence-electron chi connectivity index (χ2n) is 5.24. The Kier molecular flexibility index (Phi) is 4.36. The average molecular weight is 303 g/mol. The summed E-state index contributed by atoms with van der Waals surface area (Å²) in [6.07, 6.45) is 3.86. The van der Waals surface area contributed by atoms with Crippen molar-refractivity contribution < 1.29 is 0 Å². The SMILES string of the molecule is CNC(C)c1ccc(N2CCN(c3nccs3)CC2)cn1. The second-order valence-corrected chi connectivity index (χ2v) is 6.11. The zero-order valence-corrected chi connectivity index (χ0v) is 13.3. The molecule has 1 unspecified atom stereocenters. The second kappa shape index (κ2) is 6.41. The number of rotatable bonds is 4. The molecule has 0 aromatic carbocycles. The molecular formula is C15H21N5S. The molecule has 0 aliphatic carbocycles. The average Bonchev–Trinajstić information content (AvgIpc) is 3.09. The van der Waals surface area contributed by atoms with E-state index in [2.05, 4.69) is 44.1 Å². The third-order valence-corrected chi connectivity index (χ3v) is 4.81. The number of anilines is 2. The molecule has 1 aliphatic rings. The van der Waals surface area contributed by atoms with Gasteiger partial charge in [-0.15, -0.1) is 11.3 Å². The third-order valence-electron chi connectivity index (χ3n) is 3.98. The Hall–Kier alpha value is -1.66. The number of thiazole rings is 1. The molecule has 5 nitrogen and oxygen atoms in total. The molecule has 2 aromatic heterocycles. The summed E-state index contributed by atoms with van der Waals surface area (Å²) in [6, 6.07) is 4.58. The highest BCUT2D eigenvalue weighted by atomic mass is 32.1. The number of nitrogens with one attached hydrogen (secondary N) is 1. The van der Waals surface area contributed by atoms with E-state index in [-0.39, 0.29) is 0 Å². The molecule has 2 aromatic rings. The highest BCUT2D eigenvalue weighted by Crippen LogP contribution is 2.22. The van der Waals surface area contributed by atoms with Crippen molar-refractivity contribution in [3.63, 3.8) is 0 Å². The molecule has 0 amide bonds. The predicted octanol–water partition coefficient (Wildman–Crippen LogP) is 2.15. The molecular weight excluding hydrogens is 282 g/mol. The van der Waals surface area contributed by atoms with Crippen LogP contribution in [0.2, 0.25) is 0 Å². The number of pyridine rings is 1. The molecule has 21 heavy (non-hydrogen) atoms. The Labute approximate surface area is 129 Å². The van der Waals surface area contributed by atoms with Gasteiger partial charge in [0.2, 0.25) is 0 Å². The van der Waals surface area contributed by atoms with Crippen molar-refractivity contribution >= 4 is 22.2 Å². The zero-order chi connectivity index (χ0) is 14.7. The zero-order valence-electron chi connectivity index (χ0n) is 12.5. The lowest BCUT2D eigenvalue weighted by molar-refractivity contribution is 0.629. The number of hydrogen-bond donors (Lipinski definition) is 1. The van der Waals surface area contributed by atoms with Gasteiger partial charge in [-0.05, 0) is 26.1 Å². The fourth-order valence-corrected chi connectivity index (χ4v) is 3.21. The van der Waals surface area contributed by atoms with Gasteiger partial charge in [-0.25, -0.2) is 4.98 Å².